The highest BCUT2D eigenvalue weighted by molar-refractivity contribution is 7.18. The molecule has 27 heavy (non-hydrogen) atoms. The zero-order chi connectivity index (χ0) is 19.1. The summed E-state index contributed by atoms with van der Waals surface area (Å²) < 4.78 is 6.20. The van der Waals surface area contributed by atoms with Gasteiger partial charge in [-0.15, -0.1) is 11.3 Å². The first-order valence-corrected chi connectivity index (χ1v) is 9.84. The molecule has 0 atom stereocenters. The number of hydrogen-bond donors (Lipinski definition) is 1. The Hall–Kier alpha value is -2.73. The van der Waals surface area contributed by atoms with Gasteiger partial charge in [-0.1, -0.05) is 31.2 Å². The molecular weight excluding hydrogens is 360 g/mol. The number of anilines is 1. The van der Waals surface area contributed by atoms with Crippen molar-refractivity contribution in [2.45, 2.75) is 32.6 Å². The number of carbonyl (C=O) groups is 2. The molecule has 3 rings (SSSR count). The zero-order valence-corrected chi connectivity index (χ0v) is 16.1. The Morgan fingerprint density at radius 2 is 1.89 bits per heavy atom. The molecule has 0 aliphatic rings. The average molecular weight is 382 g/mol. The molecule has 0 bridgehead atoms. The van der Waals surface area contributed by atoms with E-state index in [2.05, 4.69) is 17.2 Å². The minimum Gasteiger partial charge on any atom is -0.456 e. The van der Waals surface area contributed by atoms with Crippen molar-refractivity contribution >= 4 is 39.1 Å². The summed E-state index contributed by atoms with van der Waals surface area (Å²) in [5.74, 6) is -0.702. The van der Waals surface area contributed by atoms with Crippen LogP contribution in [-0.2, 0) is 27.2 Å². The predicted molar refractivity (Wildman–Crippen MR) is 108 cm³/mol. The second-order valence-electron chi connectivity index (χ2n) is 6.19. The van der Waals surface area contributed by atoms with Crippen LogP contribution >= 0.6 is 11.3 Å². The number of fused-ring (bicyclic) bond motifs is 1. The van der Waals surface area contributed by atoms with Crippen molar-refractivity contribution < 1.29 is 14.3 Å². The largest absolute Gasteiger partial charge is 0.456 e. The fourth-order valence-corrected chi connectivity index (χ4v) is 3.66. The Morgan fingerprint density at radius 1 is 1.11 bits per heavy atom. The minimum atomic E-state index is -0.368. The van der Waals surface area contributed by atoms with Gasteiger partial charge in [0.1, 0.15) is 0 Å². The number of esters is 1. The van der Waals surface area contributed by atoms with Gasteiger partial charge >= 0.3 is 5.97 Å². The Morgan fingerprint density at radius 3 is 2.63 bits per heavy atom. The van der Waals surface area contributed by atoms with Gasteiger partial charge in [-0.2, -0.15) is 0 Å². The molecule has 0 unspecified atom stereocenters. The SMILES string of the molecule is CCc1ccc(NC(=O)COC(=O)CCCc2nc3ccccc3s2)cc1. The van der Waals surface area contributed by atoms with E-state index < -0.39 is 0 Å². The van der Waals surface area contributed by atoms with Gasteiger partial charge in [0.2, 0.25) is 0 Å². The van der Waals surface area contributed by atoms with Crippen LogP contribution in [-0.4, -0.2) is 23.5 Å². The van der Waals surface area contributed by atoms with Gasteiger partial charge in [0.15, 0.2) is 6.61 Å². The van der Waals surface area contributed by atoms with Crippen molar-refractivity contribution in [2.24, 2.45) is 0 Å². The Balaban J connectivity index is 1.36. The molecule has 1 N–H and O–H groups in total. The summed E-state index contributed by atoms with van der Waals surface area (Å²) in [7, 11) is 0. The summed E-state index contributed by atoms with van der Waals surface area (Å²) >= 11 is 1.64. The van der Waals surface area contributed by atoms with E-state index in [0.29, 0.717) is 12.1 Å². The van der Waals surface area contributed by atoms with Crippen molar-refractivity contribution in [1.82, 2.24) is 4.98 Å². The standard InChI is InChI=1S/C21H22N2O3S/c1-2-15-10-12-16(13-11-15)22-19(24)14-26-21(25)9-5-8-20-23-17-6-3-4-7-18(17)27-20/h3-4,6-7,10-13H,2,5,8-9,14H2,1H3,(H,22,24). The Kier molecular flexibility index (Phi) is 6.54. The highest BCUT2D eigenvalue weighted by Crippen LogP contribution is 2.22. The molecule has 140 valence electrons. The number of hydrogen-bond acceptors (Lipinski definition) is 5. The molecule has 5 nitrogen and oxygen atoms in total. The van der Waals surface area contributed by atoms with Crippen molar-refractivity contribution in [3.8, 4) is 0 Å². The smallest absolute Gasteiger partial charge is 0.306 e. The fourth-order valence-electron chi connectivity index (χ4n) is 2.65. The maximum Gasteiger partial charge on any atom is 0.306 e. The number of ether oxygens (including phenoxy) is 1. The quantitative estimate of drug-likeness (QED) is 0.588. The molecule has 0 saturated carbocycles. The highest BCUT2D eigenvalue weighted by Gasteiger charge is 2.09. The first kappa shape index (κ1) is 19.0. The highest BCUT2D eigenvalue weighted by atomic mass is 32.1. The first-order chi connectivity index (χ1) is 13.1. The van der Waals surface area contributed by atoms with Gasteiger partial charge in [-0.3, -0.25) is 9.59 Å². The number of carbonyl (C=O) groups excluding carboxylic acids is 2. The number of nitrogens with zero attached hydrogens (tertiary/aromatic N) is 1. The Bertz CT molecular complexity index is 886. The van der Waals surface area contributed by atoms with Crippen molar-refractivity contribution in [1.29, 1.82) is 0 Å². The van der Waals surface area contributed by atoms with E-state index in [0.717, 1.165) is 28.1 Å². The maximum atomic E-state index is 11.9. The average Bonchev–Trinajstić information content (AvgIpc) is 3.10. The third kappa shape index (κ3) is 5.62. The van der Waals surface area contributed by atoms with Crippen LogP contribution in [0.1, 0.15) is 30.3 Å². The van der Waals surface area contributed by atoms with Gasteiger partial charge in [0.05, 0.1) is 15.2 Å². The van der Waals surface area contributed by atoms with E-state index in [9.17, 15) is 9.59 Å². The third-order valence-corrected chi connectivity index (χ3v) is 5.22. The van der Waals surface area contributed by atoms with E-state index >= 15 is 0 Å². The number of nitrogens with one attached hydrogen (secondary N) is 1. The molecular formula is C21H22N2O3S. The number of amides is 1. The Labute approximate surface area is 162 Å². The number of rotatable bonds is 8. The van der Waals surface area contributed by atoms with Gasteiger partial charge in [-0.05, 0) is 49.1 Å². The second-order valence-corrected chi connectivity index (χ2v) is 7.30. The number of aryl methyl sites for hydroxylation is 2. The first-order valence-electron chi connectivity index (χ1n) is 9.03. The summed E-state index contributed by atoms with van der Waals surface area (Å²) in [5, 5.41) is 3.73. The van der Waals surface area contributed by atoms with Gasteiger partial charge in [-0.25, -0.2) is 4.98 Å². The monoisotopic (exact) mass is 382 g/mol. The van der Waals surface area contributed by atoms with Gasteiger partial charge < -0.3 is 10.1 Å². The minimum absolute atomic E-state index is 0.268. The van der Waals surface area contributed by atoms with E-state index in [4.69, 9.17) is 4.74 Å². The number of para-hydroxylation sites is 1. The van der Waals surface area contributed by atoms with Crippen LogP contribution < -0.4 is 5.32 Å². The van der Waals surface area contributed by atoms with Crippen LogP contribution in [0.15, 0.2) is 48.5 Å². The molecule has 0 spiro atoms. The lowest BCUT2D eigenvalue weighted by atomic mass is 10.1. The van der Waals surface area contributed by atoms with Crippen molar-refractivity contribution in [3.63, 3.8) is 0 Å². The summed E-state index contributed by atoms with van der Waals surface area (Å²) in [4.78, 5) is 28.2. The van der Waals surface area contributed by atoms with E-state index in [1.165, 1.54) is 5.56 Å². The van der Waals surface area contributed by atoms with E-state index in [-0.39, 0.29) is 24.9 Å². The molecule has 1 aromatic heterocycles. The summed E-state index contributed by atoms with van der Waals surface area (Å²) in [5.41, 5.74) is 2.89. The third-order valence-electron chi connectivity index (χ3n) is 4.12. The van der Waals surface area contributed by atoms with Crippen LogP contribution in [0.25, 0.3) is 10.2 Å². The second kappa shape index (κ2) is 9.28. The number of benzene rings is 2. The van der Waals surface area contributed by atoms with Crippen LogP contribution in [0.5, 0.6) is 0 Å². The number of aromatic nitrogens is 1. The maximum absolute atomic E-state index is 11.9. The lowest BCUT2D eigenvalue weighted by molar-refractivity contribution is -0.147. The normalized spacial score (nSPS) is 10.7. The summed E-state index contributed by atoms with van der Waals surface area (Å²) in [6.45, 7) is 1.80. The van der Waals surface area contributed by atoms with Crippen LogP contribution in [0.2, 0.25) is 0 Å². The van der Waals surface area contributed by atoms with E-state index in [1.807, 2.05) is 48.5 Å². The predicted octanol–water partition coefficient (Wildman–Crippen LogP) is 4.36. The molecule has 1 amide bonds. The van der Waals surface area contributed by atoms with E-state index in [1.54, 1.807) is 11.3 Å². The van der Waals surface area contributed by atoms with Crippen molar-refractivity contribution in [2.75, 3.05) is 11.9 Å². The fraction of sp³-hybridized carbons (Fsp3) is 0.286. The van der Waals surface area contributed by atoms with Crippen molar-refractivity contribution in [3.05, 3.63) is 59.1 Å². The molecule has 0 radical (unpaired) electrons. The van der Waals surface area contributed by atoms with Crippen LogP contribution in [0, 0.1) is 0 Å². The molecule has 0 saturated heterocycles. The van der Waals surface area contributed by atoms with Gasteiger partial charge in [0.25, 0.3) is 5.91 Å². The molecule has 6 heteroatoms. The zero-order valence-electron chi connectivity index (χ0n) is 15.2. The lowest BCUT2D eigenvalue weighted by Gasteiger charge is -2.07. The topological polar surface area (TPSA) is 68.3 Å². The molecule has 3 aromatic rings. The van der Waals surface area contributed by atoms with Gasteiger partial charge in [0, 0.05) is 12.1 Å². The lowest BCUT2D eigenvalue weighted by Crippen LogP contribution is -2.20. The van der Waals surface area contributed by atoms with Crippen LogP contribution in [0.3, 0.4) is 0 Å². The van der Waals surface area contributed by atoms with Crippen LogP contribution in [0.4, 0.5) is 5.69 Å². The molecule has 0 aliphatic carbocycles. The number of thiazole rings is 1. The molecule has 1 heterocycles. The molecule has 0 fully saturated rings. The molecule has 2 aromatic carbocycles. The molecule has 0 aliphatic heterocycles. The summed E-state index contributed by atoms with van der Waals surface area (Å²) in [6, 6.07) is 15.6. The summed E-state index contributed by atoms with van der Waals surface area (Å²) in [6.07, 6.45) is 2.60.